The molecule has 3 rings (SSSR count). The minimum atomic E-state index is -0.603. The highest BCUT2D eigenvalue weighted by atomic mass is 35.5. The van der Waals surface area contributed by atoms with Crippen LogP contribution in [0, 0.1) is 5.92 Å². The van der Waals surface area contributed by atoms with Crippen LogP contribution in [0.15, 0.2) is 84.9 Å². The number of hydrogen-bond donors (Lipinski definition) is 1. The van der Waals surface area contributed by atoms with Crippen LogP contribution in [0.4, 0.5) is 0 Å². The summed E-state index contributed by atoms with van der Waals surface area (Å²) < 4.78 is 0. The molecule has 178 valence electrons. The van der Waals surface area contributed by atoms with Gasteiger partial charge >= 0.3 is 0 Å². The van der Waals surface area contributed by atoms with Gasteiger partial charge in [0.2, 0.25) is 11.8 Å². The molecule has 1 N–H and O–H groups in total. The van der Waals surface area contributed by atoms with E-state index in [0.29, 0.717) is 24.0 Å². The number of nitrogens with one attached hydrogen (secondary N) is 1. The number of nitrogens with zero attached hydrogens (tertiary/aromatic N) is 1. The van der Waals surface area contributed by atoms with Gasteiger partial charge in [0, 0.05) is 30.5 Å². The Kier molecular flexibility index (Phi) is 9.29. The lowest BCUT2D eigenvalue weighted by Gasteiger charge is -2.31. The topological polar surface area (TPSA) is 49.4 Å². The minimum absolute atomic E-state index is 0.0696. The zero-order chi connectivity index (χ0) is 24.5. The van der Waals surface area contributed by atoms with Crippen molar-refractivity contribution in [2.24, 2.45) is 5.92 Å². The average molecular weight is 477 g/mol. The van der Waals surface area contributed by atoms with E-state index in [1.54, 1.807) is 24.0 Å². The molecule has 0 radical (unpaired) electrons. The maximum Gasteiger partial charge on any atom is 0.242 e. The number of rotatable bonds is 10. The number of amides is 2. The number of benzene rings is 3. The zero-order valence-corrected chi connectivity index (χ0v) is 20.8. The third-order valence-electron chi connectivity index (χ3n) is 5.90. The van der Waals surface area contributed by atoms with E-state index in [1.807, 2.05) is 86.6 Å². The van der Waals surface area contributed by atoms with E-state index >= 15 is 0 Å². The first kappa shape index (κ1) is 25.5. The van der Waals surface area contributed by atoms with Gasteiger partial charge in [0.15, 0.2) is 0 Å². The summed E-state index contributed by atoms with van der Waals surface area (Å²) in [5.41, 5.74) is 3.08. The van der Waals surface area contributed by atoms with Crippen molar-refractivity contribution in [2.75, 3.05) is 6.54 Å². The molecule has 2 amide bonds. The van der Waals surface area contributed by atoms with Gasteiger partial charge in [0.25, 0.3) is 0 Å². The summed E-state index contributed by atoms with van der Waals surface area (Å²) in [7, 11) is 0. The second kappa shape index (κ2) is 12.4. The van der Waals surface area contributed by atoms with Gasteiger partial charge in [-0.2, -0.15) is 0 Å². The van der Waals surface area contributed by atoms with Crippen LogP contribution in [0.2, 0.25) is 5.02 Å². The van der Waals surface area contributed by atoms with Gasteiger partial charge in [-0.3, -0.25) is 9.59 Å². The molecule has 5 heteroatoms. The van der Waals surface area contributed by atoms with Gasteiger partial charge in [-0.15, -0.1) is 0 Å². The first-order chi connectivity index (χ1) is 16.3. The predicted molar refractivity (Wildman–Crippen MR) is 139 cm³/mol. The van der Waals surface area contributed by atoms with Crippen LogP contribution in [0.1, 0.15) is 49.8 Å². The molecule has 3 aromatic carbocycles. The van der Waals surface area contributed by atoms with E-state index in [0.717, 1.165) is 16.7 Å². The monoisotopic (exact) mass is 476 g/mol. The molecule has 0 aromatic heterocycles. The Balaban J connectivity index is 1.88. The Morgan fingerprint density at radius 2 is 1.35 bits per heavy atom. The van der Waals surface area contributed by atoms with E-state index in [-0.39, 0.29) is 24.2 Å². The number of carbonyl (C=O) groups is 2. The fraction of sp³-hybridized carbons (Fsp3) is 0.310. The summed E-state index contributed by atoms with van der Waals surface area (Å²) >= 11 is 6.05. The summed E-state index contributed by atoms with van der Waals surface area (Å²) in [5, 5.41) is 3.61. The smallest absolute Gasteiger partial charge is 0.242 e. The van der Waals surface area contributed by atoms with E-state index in [1.165, 1.54) is 0 Å². The molecular weight excluding hydrogens is 444 g/mol. The van der Waals surface area contributed by atoms with Crippen molar-refractivity contribution in [2.45, 2.75) is 45.7 Å². The molecule has 0 aliphatic rings. The number of carbonyl (C=O) groups excluding carboxylic acids is 2. The van der Waals surface area contributed by atoms with E-state index in [2.05, 4.69) is 5.32 Å². The van der Waals surface area contributed by atoms with Crippen molar-refractivity contribution in [3.05, 3.63) is 107 Å². The first-order valence-corrected chi connectivity index (χ1v) is 12.1. The molecule has 34 heavy (non-hydrogen) atoms. The molecule has 0 saturated carbocycles. The van der Waals surface area contributed by atoms with Crippen LogP contribution in [-0.2, 0) is 16.1 Å². The predicted octanol–water partition coefficient (Wildman–Crippen LogP) is 6.05. The van der Waals surface area contributed by atoms with Gasteiger partial charge in [-0.05, 0) is 41.7 Å². The van der Waals surface area contributed by atoms with E-state index in [4.69, 9.17) is 11.6 Å². The normalized spacial score (nSPS) is 11.9. The Morgan fingerprint density at radius 3 is 1.85 bits per heavy atom. The molecule has 0 aliphatic heterocycles. The average Bonchev–Trinajstić information content (AvgIpc) is 2.86. The Bertz CT molecular complexity index is 1010. The van der Waals surface area contributed by atoms with Crippen LogP contribution < -0.4 is 5.32 Å². The highest BCUT2D eigenvalue weighted by Crippen LogP contribution is 2.29. The Hall–Kier alpha value is -3.11. The number of halogens is 1. The quantitative estimate of drug-likeness (QED) is 0.387. The number of hydrogen-bond acceptors (Lipinski definition) is 2. The maximum atomic E-state index is 13.8. The molecule has 0 bridgehead atoms. The van der Waals surface area contributed by atoms with Crippen LogP contribution in [0.25, 0.3) is 0 Å². The maximum absolute atomic E-state index is 13.8. The highest BCUT2D eigenvalue weighted by molar-refractivity contribution is 6.30. The molecule has 0 unspecified atom stereocenters. The van der Waals surface area contributed by atoms with Crippen molar-refractivity contribution in [1.29, 1.82) is 0 Å². The van der Waals surface area contributed by atoms with Gasteiger partial charge in [-0.1, -0.05) is 98.2 Å². The molecule has 0 spiro atoms. The molecule has 0 aliphatic carbocycles. The van der Waals surface area contributed by atoms with Gasteiger partial charge in [-0.25, -0.2) is 0 Å². The largest absolute Gasteiger partial charge is 0.354 e. The fourth-order valence-electron chi connectivity index (χ4n) is 3.91. The third kappa shape index (κ3) is 7.19. The Labute approximate surface area is 207 Å². The standard InChI is InChI=1S/C29H33ClN2O2/c1-21(2)19-31-29(34)22(3)32(20-23-14-16-26(30)17-15-23)28(33)18-27(24-10-6-4-7-11-24)25-12-8-5-9-13-25/h4-17,21-22,27H,18-20H2,1-3H3,(H,31,34)/t22-/m0/s1. The van der Waals surface area contributed by atoms with Crippen LogP contribution in [-0.4, -0.2) is 29.3 Å². The molecular formula is C29H33ClN2O2. The van der Waals surface area contributed by atoms with Crippen molar-refractivity contribution < 1.29 is 9.59 Å². The second-order valence-corrected chi connectivity index (χ2v) is 9.48. The Morgan fingerprint density at radius 1 is 0.824 bits per heavy atom. The molecule has 0 heterocycles. The van der Waals surface area contributed by atoms with E-state index < -0.39 is 6.04 Å². The molecule has 1 atom stereocenters. The molecule has 0 saturated heterocycles. The summed E-state index contributed by atoms with van der Waals surface area (Å²) in [6, 6.07) is 26.9. The lowest BCUT2D eigenvalue weighted by atomic mass is 9.88. The van der Waals surface area contributed by atoms with E-state index in [9.17, 15) is 9.59 Å². The molecule has 3 aromatic rings. The van der Waals surface area contributed by atoms with Crippen LogP contribution in [0.3, 0.4) is 0 Å². The van der Waals surface area contributed by atoms with Crippen molar-refractivity contribution in [3.63, 3.8) is 0 Å². The van der Waals surface area contributed by atoms with Crippen molar-refractivity contribution >= 4 is 23.4 Å². The summed E-state index contributed by atoms with van der Waals surface area (Å²) in [4.78, 5) is 28.4. The fourth-order valence-corrected chi connectivity index (χ4v) is 4.04. The van der Waals surface area contributed by atoms with Crippen LogP contribution >= 0.6 is 11.6 Å². The first-order valence-electron chi connectivity index (χ1n) is 11.8. The summed E-state index contributed by atoms with van der Waals surface area (Å²) in [6.07, 6.45) is 0.267. The molecule has 0 fully saturated rings. The van der Waals surface area contributed by atoms with Crippen LogP contribution in [0.5, 0.6) is 0 Å². The van der Waals surface area contributed by atoms with Crippen molar-refractivity contribution in [3.8, 4) is 0 Å². The van der Waals surface area contributed by atoms with Gasteiger partial charge in [0.05, 0.1) is 0 Å². The summed E-state index contributed by atoms with van der Waals surface area (Å²) in [5.74, 6) is 0.0116. The van der Waals surface area contributed by atoms with Gasteiger partial charge in [0.1, 0.15) is 6.04 Å². The van der Waals surface area contributed by atoms with Gasteiger partial charge < -0.3 is 10.2 Å². The lowest BCUT2D eigenvalue weighted by Crippen LogP contribution is -2.48. The molecule has 4 nitrogen and oxygen atoms in total. The zero-order valence-electron chi connectivity index (χ0n) is 20.1. The second-order valence-electron chi connectivity index (χ2n) is 9.04. The minimum Gasteiger partial charge on any atom is -0.354 e. The van der Waals surface area contributed by atoms with Crippen molar-refractivity contribution in [1.82, 2.24) is 10.2 Å². The lowest BCUT2D eigenvalue weighted by molar-refractivity contribution is -0.140. The summed E-state index contributed by atoms with van der Waals surface area (Å²) in [6.45, 7) is 6.80. The SMILES string of the molecule is CC(C)CNC(=O)[C@H](C)N(Cc1ccc(Cl)cc1)C(=O)CC(c1ccccc1)c1ccccc1. The highest BCUT2D eigenvalue weighted by Gasteiger charge is 2.29. The third-order valence-corrected chi connectivity index (χ3v) is 6.15.